The summed E-state index contributed by atoms with van der Waals surface area (Å²) in [6.45, 7) is 3.47. The number of carboxylic acid groups (broad SMARTS) is 1. The Morgan fingerprint density at radius 3 is 2.52 bits per heavy atom. The molecular formula is C18H18F2O3. The minimum absolute atomic E-state index is 0.0158. The van der Waals surface area contributed by atoms with E-state index >= 15 is 0 Å². The van der Waals surface area contributed by atoms with Crippen LogP contribution < -0.4 is 4.74 Å². The fourth-order valence-electron chi connectivity index (χ4n) is 3.08. The van der Waals surface area contributed by atoms with Gasteiger partial charge in [-0.3, -0.25) is 4.79 Å². The molecule has 2 atom stereocenters. The van der Waals surface area contributed by atoms with Crippen molar-refractivity contribution in [3.8, 4) is 17.6 Å². The number of allylic oxidation sites excluding steroid dienone is 1. The zero-order valence-corrected chi connectivity index (χ0v) is 13.0. The van der Waals surface area contributed by atoms with Crippen LogP contribution in [0.15, 0.2) is 42.5 Å². The summed E-state index contributed by atoms with van der Waals surface area (Å²) in [7, 11) is 0. The first-order valence-corrected chi connectivity index (χ1v) is 7.22. The second kappa shape index (κ2) is 6.41. The molecule has 3 nitrogen and oxygen atoms in total. The third-order valence-electron chi connectivity index (χ3n) is 4.60. The van der Waals surface area contributed by atoms with Crippen LogP contribution in [0.4, 0.5) is 8.78 Å². The Bertz CT molecular complexity index is 667. The Balaban J connectivity index is 2.01. The maximum atomic E-state index is 12.5. The first-order chi connectivity index (χ1) is 10.8. The Morgan fingerprint density at radius 2 is 1.96 bits per heavy atom. The minimum Gasteiger partial charge on any atom is -0.481 e. The zero-order chi connectivity index (χ0) is 17.1. The van der Waals surface area contributed by atoms with Crippen molar-refractivity contribution in [3.05, 3.63) is 42.5 Å². The van der Waals surface area contributed by atoms with E-state index in [9.17, 15) is 18.7 Å². The van der Waals surface area contributed by atoms with E-state index in [-0.39, 0.29) is 13.0 Å². The lowest BCUT2D eigenvalue weighted by molar-refractivity contribution is -0.144. The first kappa shape index (κ1) is 17.0. The maximum absolute atomic E-state index is 12.5. The molecule has 0 aliphatic heterocycles. The normalized spacial score (nSPS) is 24.1. The molecule has 0 amide bonds. The summed E-state index contributed by atoms with van der Waals surface area (Å²) >= 11 is 0. The van der Waals surface area contributed by atoms with E-state index in [1.54, 1.807) is 26.0 Å². The van der Waals surface area contributed by atoms with Crippen LogP contribution in [0.1, 0.15) is 20.3 Å². The van der Waals surface area contributed by atoms with Crippen LogP contribution in [0.5, 0.6) is 5.75 Å². The van der Waals surface area contributed by atoms with Gasteiger partial charge in [-0.05, 0) is 23.6 Å². The molecule has 0 spiro atoms. The van der Waals surface area contributed by atoms with Gasteiger partial charge in [0.1, 0.15) is 12.4 Å². The summed E-state index contributed by atoms with van der Waals surface area (Å²) in [4.78, 5) is 11.6. The highest BCUT2D eigenvalue weighted by atomic mass is 19.3. The number of benzene rings is 1. The van der Waals surface area contributed by atoms with Crippen LogP contribution in [0.2, 0.25) is 0 Å². The first-order valence-electron chi connectivity index (χ1n) is 7.22. The maximum Gasteiger partial charge on any atom is 0.311 e. The zero-order valence-electron chi connectivity index (χ0n) is 13.0. The topological polar surface area (TPSA) is 46.5 Å². The van der Waals surface area contributed by atoms with Crippen molar-refractivity contribution in [1.82, 2.24) is 0 Å². The summed E-state index contributed by atoms with van der Waals surface area (Å²) in [5, 5.41) is 9.48. The van der Waals surface area contributed by atoms with E-state index in [1.165, 1.54) is 0 Å². The lowest BCUT2D eigenvalue weighted by Gasteiger charge is -2.11. The van der Waals surface area contributed by atoms with Crippen molar-refractivity contribution in [1.29, 1.82) is 0 Å². The highest BCUT2D eigenvalue weighted by Gasteiger charge is 2.74. The van der Waals surface area contributed by atoms with Gasteiger partial charge in [-0.25, -0.2) is 0 Å². The molecule has 5 heteroatoms. The highest BCUT2D eigenvalue weighted by Crippen LogP contribution is 2.71. The summed E-state index contributed by atoms with van der Waals surface area (Å²) in [5.41, 5.74) is -2.02. The molecule has 1 aromatic rings. The van der Waals surface area contributed by atoms with Gasteiger partial charge in [0.15, 0.2) is 0 Å². The molecule has 122 valence electrons. The molecule has 0 saturated heterocycles. The smallest absolute Gasteiger partial charge is 0.311 e. The van der Waals surface area contributed by atoms with Crippen molar-refractivity contribution in [3.63, 3.8) is 0 Å². The average Bonchev–Trinajstić information content (AvgIpc) is 2.95. The molecule has 1 aromatic carbocycles. The lowest BCUT2D eigenvalue weighted by Crippen LogP contribution is -2.21. The number of ether oxygens (including phenoxy) is 1. The third kappa shape index (κ3) is 3.21. The van der Waals surface area contributed by atoms with E-state index in [4.69, 9.17) is 4.74 Å². The van der Waals surface area contributed by atoms with Crippen LogP contribution in [0.25, 0.3) is 0 Å². The van der Waals surface area contributed by atoms with Crippen LogP contribution in [-0.2, 0) is 4.79 Å². The van der Waals surface area contributed by atoms with Gasteiger partial charge < -0.3 is 9.84 Å². The highest BCUT2D eigenvalue weighted by molar-refractivity contribution is 5.82. The predicted molar refractivity (Wildman–Crippen MR) is 82.0 cm³/mol. The molecular weight excluding hydrogens is 302 g/mol. The number of para-hydroxylation sites is 1. The average molecular weight is 320 g/mol. The van der Waals surface area contributed by atoms with E-state index in [1.807, 2.05) is 18.2 Å². The fourth-order valence-corrected chi connectivity index (χ4v) is 3.08. The Hall–Kier alpha value is -2.35. The van der Waals surface area contributed by atoms with Crippen molar-refractivity contribution in [2.75, 3.05) is 6.61 Å². The monoisotopic (exact) mass is 320 g/mol. The van der Waals surface area contributed by atoms with E-state index in [2.05, 4.69) is 11.8 Å². The van der Waals surface area contributed by atoms with Gasteiger partial charge >= 0.3 is 5.97 Å². The van der Waals surface area contributed by atoms with Crippen LogP contribution in [0.3, 0.4) is 0 Å². The Kier molecular flexibility index (Phi) is 4.74. The van der Waals surface area contributed by atoms with Gasteiger partial charge in [-0.1, -0.05) is 43.9 Å². The molecule has 23 heavy (non-hydrogen) atoms. The van der Waals surface area contributed by atoms with Crippen LogP contribution in [0, 0.1) is 28.6 Å². The summed E-state index contributed by atoms with van der Waals surface area (Å²) in [5.74, 6) is 4.38. The molecule has 1 fully saturated rings. The second-order valence-corrected chi connectivity index (χ2v) is 6.06. The van der Waals surface area contributed by atoms with Crippen LogP contribution in [-0.4, -0.2) is 17.7 Å². The number of aliphatic carboxylic acids is 1. The standard InChI is InChI=1S/C18H18F2O3/c1-17(2)14(12-15(19)20)18(17,16(21)22)10-6-7-11-23-13-8-4-3-5-9-13/h3-5,8-9,12,14H,10-11H2,1-2H3,(H,21,22)/t14?,18-/m0/s1. The molecule has 0 aromatic heterocycles. The van der Waals surface area contributed by atoms with Crippen molar-refractivity contribution in [2.45, 2.75) is 20.3 Å². The van der Waals surface area contributed by atoms with Gasteiger partial charge in [-0.15, -0.1) is 0 Å². The van der Waals surface area contributed by atoms with Crippen LogP contribution >= 0.6 is 0 Å². The Morgan fingerprint density at radius 1 is 1.30 bits per heavy atom. The molecule has 1 unspecified atom stereocenters. The number of hydrogen-bond acceptors (Lipinski definition) is 2. The largest absolute Gasteiger partial charge is 0.481 e. The summed E-state index contributed by atoms with van der Waals surface area (Å²) in [6, 6.07) is 9.10. The molecule has 1 aliphatic carbocycles. The quantitative estimate of drug-likeness (QED) is 0.835. The number of carboxylic acids is 1. The van der Waals surface area contributed by atoms with Gasteiger partial charge in [0.05, 0.1) is 5.41 Å². The third-order valence-corrected chi connectivity index (χ3v) is 4.60. The molecule has 1 aliphatic rings. The van der Waals surface area contributed by atoms with E-state index < -0.39 is 28.8 Å². The molecule has 1 N–H and O–H groups in total. The molecule has 2 rings (SSSR count). The summed E-state index contributed by atoms with van der Waals surface area (Å²) < 4.78 is 30.4. The van der Waals surface area contributed by atoms with Crippen molar-refractivity contribution >= 4 is 5.97 Å². The summed E-state index contributed by atoms with van der Waals surface area (Å²) in [6.07, 6.45) is -1.11. The molecule has 0 radical (unpaired) electrons. The molecule has 0 heterocycles. The van der Waals surface area contributed by atoms with Crippen molar-refractivity contribution in [2.24, 2.45) is 16.7 Å². The molecule has 1 saturated carbocycles. The van der Waals surface area contributed by atoms with E-state index in [0.29, 0.717) is 5.75 Å². The lowest BCUT2D eigenvalue weighted by atomic mass is 9.92. The fraction of sp³-hybridized carbons (Fsp3) is 0.389. The number of halogens is 2. The number of carbonyl (C=O) groups is 1. The predicted octanol–water partition coefficient (Wildman–Crippen LogP) is 3.97. The van der Waals surface area contributed by atoms with Gasteiger partial charge in [-0.2, -0.15) is 8.78 Å². The SMILES string of the molecule is CC1(C)C(C=C(F)F)[C@@]1(CC#CCOc1ccccc1)C(=O)O. The second-order valence-electron chi connectivity index (χ2n) is 6.06. The van der Waals surface area contributed by atoms with Gasteiger partial charge in [0.2, 0.25) is 0 Å². The minimum atomic E-state index is -1.86. The van der Waals surface area contributed by atoms with E-state index in [0.717, 1.165) is 6.08 Å². The molecule has 0 bridgehead atoms. The van der Waals surface area contributed by atoms with Crippen molar-refractivity contribution < 1.29 is 23.4 Å². The van der Waals surface area contributed by atoms with Gasteiger partial charge in [0, 0.05) is 12.3 Å². The van der Waals surface area contributed by atoms with Gasteiger partial charge in [0.25, 0.3) is 6.08 Å². The Labute approximate surface area is 134 Å². The number of rotatable bonds is 5. The number of hydrogen-bond donors (Lipinski definition) is 1.